The molecule has 2 aromatic rings. The average Bonchev–Trinajstić information content (AvgIpc) is 2.85. The number of primary amides is 1. The molecule has 1 aliphatic rings. The number of nitrogens with zero attached hydrogens (tertiary/aromatic N) is 1. The van der Waals surface area contributed by atoms with Crippen LogP contribution in [0.3, 0.4) is 0 Å². The fourth-order valence-electron chi connectivity index (χ4n) is 3.03. The number of ketones is 1. The molecule has 3 rings (SSSR count). The summed E-state index contributed by atoms with van der Waals surface area (Å²) in [6.07, 6.45) is -4.96. The fraction of sp³-hybridized carbons (Fsp3) is 0.167. The number of urea groups is 1. The molecule has 9 heteroatoms. The van der Waals surface area contributed by atoms with Gasteiger partial charge < -0.3 is 5.73 Å². The molecule has 0 aliphatic carbocycles. The number of Topliss-reactive ketones (excluding diaryl/α,β-unsaturated/α-hetero) is 1. The van der Waals surface area contributed by atoms with Crippen molar-refractivity contribution in [2.24, 2.45) is 5.73 Å². The van der Waals surface area contributed by atoms with Crippen LogP contribution in [0.25, 0.3) is 0 Å². The van der Waals surface area contributed by atoms with E-state index < -0.39 is 41.8 Å². The minimum absolute atomic E-state index is 0.0994. The number of anilines is 1. The predicted octanol–water partition coefficient (Wildman–Crippen LogP) is 3.68. The second kappa shape index (κ2) is 6.70. The van der Waals surface area contributed by atoms with Crippen molar-refractivity contribution in [2.45, 2.75) is 18.5 Å². The highest BCUT2D eigenvalue weighted by molar-refractivity contribution is 6.32. The van der Waals surface area contributed by atoms with Gasteiger partial charge in [-0.2, -0.15) is 13.2 Å². The second-order valence-electron chi connectivity index (χ2n) is 5.99. The van der Waals surface area contributed by atoms with Crippen molar-refractivity contribution in [1.29, 1.82) is 0 Å². The Hall–Kier alpha value is -2.87. The van der Waals surface area contributed by atoms with Gasteiger partial charge in [-0.25, -0.2) is 9.69 Å². The van der Waals surface area contributed by atoms with Gasteiger partial charge in [-0.3, -0.25) is 9.59 Å². The second-order valence-corrected chi connectivity index (χ2v) is 6.43. The van der Waals surface area contributed by atoms with Gasteiger partial charge in [0.2, 0.25) is 5.91 Å². The quantitative estimate of drug-likeness (QED) is 0.804. The Labute approximate surface area is 156 Å². The van der Waals surface area contributed by atoms with Crippen molar-refractivity contribution in [3.05, 3.63) is 64.2 Å². The molecule has 0 spiro atoms. The number of nitrogens with two attached hydrogens (primary N) is 1. The molecular formula is C18H12ClF3N2O3. The summed E-state index contributed by atoms with van der Waals surface area (Å²) in [6.45, 7) is 0. The number of carbonyl (C=O) groups excluding carboxylic acids is 3. The average molecular weight is 397 g/mol. The van der Waals surface area contributed by atoms with E-state index in [1.165, 1.54) is 30.3 Å². The van der Waals surface area contributed by atoms with Crippen LogP contribution in [-0.2, 0) is 22.2 Å². The van der Waals surface area contributed by atoms with Crippen molar-refractivity contribution in [3.8, 4) is 0 Å². The summed E-state index contributed by atoms with van der Waals surface area (Å²) in [4.78, 5) is 37.5. The Morgan fingerprint density at radius 3 is 2.48 bits per heavy atom. The van der Waals surface area contributed by atoms with Crippen molar-refractivity contribution >= 4 is 35.0 Å². The SMILES string of the molecule is NC(=O)N1C(=O)C(C(=O)Cc2cccc(C(F)(F)F)c2)c2ccc(Cl)cc21. The van der Waals surface area contributed by atoms with Crippen LogP contribution in [0.1, 0.15) is 22.6 Å². The third kappa shape index (κ3) is 3.52. The number of alkyl halides is 3. The number of halogens is 4. The van der Waals surface area contributed by atoms with Crippen molar-refractivity contribution in [2.75, 3.05) is 4.90 Å². The Balaban J connectivity index is 1.94. The Morgan fingerprint density at radius 2 is 1.85 bits per heavy atom. The molecule has 140 valence electrons. The van der Waals surface area contributed by atoms with Gasteiger partial charge in [-0.05, 0) is 29.3 Å². The zero-order valence-electron chi connectivity index (χ0n) is 13.6. The summed E-state index contributed by atoms with van der Waals surface area (Å²) in [6, 6.07) is 7.42. The summed E-state index contributed by atoms with van der Waals surface area (Å²) in [5.74, 6) is -2.83. The van der Waals surface area contributed by atoms with E-state index >= 15 is 0 Å². The van der Waals surface area contributed by atoms with E-state index in [0.717, 1.165) is 12.1 Å². The lowest BCUT2D eigenvalue weighted by molar-refractivity contribution is -0.137. The summed E-state index contributed by atoms with van der Waals surface area (Å²) < 4.78 is 38.5. The number of fused-ring (bicyclic) bond motifs is 1. The van der Waals surface area contributed by atoms with Gasteiger partial charge in [0.05, 0.1) is 11.3 Å². The molecule has 1 atom stereocenters. The lowest BCUT2D eigenvalue weighted by Gasteiger charge is -2.13. The van der Waals surface area contributed by atoms with Crippen LogP contribution in [0.2, 0.25) is 5.02 Å². The molecule has 5 nitrogen and oxygen atoms in total. The normalized spacial score (nSPS) is 16.4. The Bertz CT molecular complexity index is 959. The summed E-state index contributed by atoms with van der Waals surface area (Å²) in [5.41, 5.74) is 4.77. The van der Waals surface area contributed by atoms with Gasteiger partial charge in [-0.1, -0.05) is 35.9 Å². The smallest absolute Gasteiger partial charge is 0.351 e. The molecule has 2 aromatic carbocycles. The van der Waals surface area contributed by atoms with Crippen LogP contribution in [0, 0.1) is 0 Å². The largest absolute Gasteiger partial charge is 0.416 e. The molecule has 0 bridgehead atoms. The topological polar surface area (TPSA) is 80.5 Å². The maximum atomic E-state index is 12.8. The van der Waals surface area contributed by atoms with E-state index in [2.05, 4.69) is 0 Å². The number of imide groups is 1. The van der Waals surface area contributed by atoms with Gasteiger partial charge in [0.1, 0.15) is 5.92 Å². The highest BCUT2D eigenvalue weighted by atomic mass is 35.5. The van der Waals surface area contributed by atoms with Crippen LogP contribution in [0.4, 0.5) is 23.7 Å². The van der Waals surface area contributed by atoms with Gasteiger partial charge in [0.25, 0.3) is 0 Å². The summed E-state index contributed by atoms with van der Waals surface area (Å²) in [5, 5.41) is 0.235. The lowest BCUT2D eigenvalue weighted by atomic mass is 9.92. The maximum absolute atomic E-state index is 12.8. The molecule has 1 heterocycles. The monoisotopic (exact) mass is 396 g/mol. The molecule has 0 saturated carbocycles. The van der Waals surface area contributed by atoms with Gasteiger partial charge in [0.15, 0.2) is 5.78 Å². The Morgan fingerprint density at radius 1 is 1.15 bits per heavy atom. The van der Waals surface area contributed by atoms with Crippen LogP contribution < -0.4 is 10.6 Å². The number of carbonyl (C=O) groups is 3. The van der Waals surface area contributed by atoms with E-state index in [-0.39, 0.29) is 21.8 Å². The maximum Gasteiger partial charge on any atom is 0.416 e. The van der Waals surface area contributed by atoms with Crippen LogP contribution in [0.15, 0.2) is 42.5 Å². The fourth-order valence-corrected chi connectivity index (χ4v) is 3.20. The zero-order chi connectivity index (χ0) is 19.9. The molecule has 0 aromatic heterocycles. The third-order valence-corrected chi connectivity index (χ3v) is 4.42. The molecule has 1 aliphatic heterocycles. The minimum Gasteiger partial charge on any atom is -0.351 e. The first-order valence-corrected chi connectivity index (χ1v) is 8.09. The van der Waals surface area contributed by atoms with Crippen molar-refractivity contribution in [3.63, 3.8) is 0 Å². The molecule has 0 fully saturated rings. The number of benzene rings is 2. The molecule has 0 radical (unpaired) electrons. The van der Waals surface area contributed by atoms with E-state index in [1.54, 1.807) is 0 Å². The van der Waals surface area contributed by atoms with Crippen LogP contribution >= 0.6 is 11.6 Å². The lowest BCUT2D eigenvalue weighted by Crippen LogP contribution is -2.40. The molecule has 3 amide bonds. The first-order valence-electron chi connectivity index (χ1n) is 7.71. The van der Waals surface area contributed by atoms with E-state index in [4.69, 9.17) is 17.3 Å². The number of hydrogen-bond acceptors (Lipinski definition) is 3. The summed E-state index contributed by atoms with van der Waals surface area (Å²) in [7, 11) is 0. The number of hydrogen-bond donors (Lipinski definition) is 1. The third-order valence-electron chi connectivity index (χ3n) is 4.19. The van der Waals surface area contributed by atoms with Gasteiger partial charge in [-0.15, -0.1) is 0 Å². The zero-order valence-corrected chi connectivity index (χ0v) is 14.3. The van der Waals surface area contributed by atoms with Crippen LogP contribution in [-0.4, -0.2) is 17.7 Å². The number of amides is 3. The minimum atomic E-state index is -4.55. The predicted molar refractivity (Wildman–Crippen MR) is 91.4 cm³/mol. The van der Waals surface area contributed by atoms with E-state index in [0.29, 0.717) is 4.90 Å². The van der Waals surface area contributed by atoms with Gasteiger partial charge >= 0.3 is 12.2 Å². The molecule has 2 N–H and O–H groups in total. The van der Waals surface area contributed by atoms with Gasteiger partial charge in [0, 0.05) is 11.4 Å². The Kier molecular flexibility index (Phi) is 4.69. The first-order chi connectivity index (χ1) is 12.6. The van der Waals surface area contributed by atoms with Crippen molar-refractivity contribution in [1.82, 2.24) is 0 Å². The first kappa shape index (κ1) is 18.9. The molecular weight excluding hydrogens is 385 g/mol. The standard InChI is InChI=1S/C18H12ClF3N2O3/c19-11-4-5-12-13(8-11)24(17(23)27)16(26)15(12)14(25)7-9-2-1-3-10(6-9)18(20,21)22/h1-6,8,15H,7H2,(H2,23,27). The van der Waals surface area contributed by atoms with Crippen LogP contribution in [0.5, 0.6) is 0 Å². The highest BCUT2D eigenvalue weighted by Gasteiger charge is 2.44. The highest BCUT2D eigenvalue weighted by Crippen LogP contribution is 2.40. The van der Waals surface area contributed by atoms with E-state index in [9.17, 15) is 27.6 Å². The summed E-state index contributed by atoms with van der Waals surface area (Å²) >= 11 is 5.88. The molecule has 0 saturated heterocycles. The molecule has 27 heavy (non-hydrogen) atoms. The number of rotatable bonds is 3. The van der Waals surface area contributed by atoms with Crippen molar-refractivity contribution < 1.29 is 27.6 Å². The van der Waals surface area contributed by atoms with E-state index in [1.807, 2.05) is 0 Å². The molecule has 1 unspecified atom stereocenters.